The molecule has 0 aliphatic rings. The molecule has 0 fully saturated rings. The molecule has 0 amide bonds. The van der Waals surface area contributed by atoms with Gasteiger partial charge < -0.3 is 15.0 Å². The van der Waals surface area contributed by atoms with Crippen molar-refractivity contribution in [3.05, 3.63) is 69.8 Å². The monoisotopic (exact) mass is 398 g/mol. The van der Waals surface area contributed by atoms with Crippen molar-refractivity contribution in [1.29, 1.82) is 0 Å². The van der Waals surface area contributed by atoms with Crippen molar-refractivity contribution in [1.82, 2.24) is 9.88 Å². The van der Waals surface area contributed by atoms with E-state index in [1.54, 1.807) is 13.0 Å². The molecule has 0 saturated carbocycles. The maximum absolute atomic E-state index is 9.40. The van der Waals surface area contributed by atoms with E-state index in [1.807, 2.05) is 24.3 Å². The molecule has 25 heavy (non-hydrogen) atoms. The molecule has 0 aliphatic heterocycles. The molecule has 0 radical (unpaired) electrons. The van der Waals surface area contributed by atoms with Crippen LogP contribution in [0, 0.1) is 0 Å². The molecule has 1 aromatic heterocycles. The Hall–Kier alpha value is -1.23. The van der Waals surface area contributed by atoms with E-state index in [9.17, 15) is 5.11 Å². The maximum Gasteiger partial charge on any atom is 0.0636 e. The predicted octanol–water partition coefficient (Wildman–Crippen LogP) is 4.89. The number of halogens is 3. The van der Waals surface area contributed by atoms with Crippen LogP contribution in [0.5, 0.6) is 0 Å². The zero-order valence-electron chi connectivity index (χ0n) is 13.9. The Labute approximate surface area is 164 Å². The van der Waals surface area contributed by atoms with Crippen LogP contribution >= 0.6 is 35.6 Å². The smallest absolute Gasteiger partial charge is 0.0636 e. The van der Waals surface area contributed by atoms with Crippen LogP contribution in [0.4, 0.5) is 0 Å². The molecule has 1 atom stereocenters. The zero-order chi connectivity index (χ0) is 17.1. The van der Waals surface area contributed by atoms with Crippen molar-refractivity contribution in [2.75, 3.05) is 6.54 Å². The normalized spacial score (nSPS) is 12.2. The molecule has 134 valence electrons. The number of aromatic nitrogens is 1. The van der Waals surface area contributed by atoms with Crippen LogP contribution in [-0.4, -0.2) is 22.3 Å². The van der Waals surface area contributed by atoms with Crippen LogP contribution in [0.2, 0.25) is 10.0 Å². The average molecular weight is 400 g/mol. The molecule has 0 spiro atoms. The van der Waals surface area contributed by atoms with E-state index in [4.69, 9.17) is 23.2 Å². The van der Waals surface area contributed by atoms with Gasteiger partial charge in [-0.05, 0) is 36.2 Å². The average Bonchev–Trinajstić information content (AvgIpc) is 2.88. The number of nitrogens with one attached hydrogen (secondary N) is 1. The summed E-state index contributed by atoms with van der Waals surface area (Å²) in [5, 5.41) is 15.2. The number of hydrogen-bond donors (Lipinski definition) is 2. The Morgan fingerprint density at radius 2 is 1.88 bits per heavy atom. The highest BCUT2D eigenvalue weighted by Gasteiger charge is 2.10. The maximum atomic E-state index is 9.40. The number of hydrogen-bond acceptors (Lipinski definition) is 2. The quantitative estimate of drug-likeness (QED) is 0.619. The van der Waals surface area contributed by atoms with Crippen molar-refractivity contribution in [2.45, 2.75) is 26.1 Å². The first-order valence-corrected chi connectivity index (χ1v) is 8.69. The summed E-state index contributed by atoms with van der Waals surface area (Å²) in [5.74, 6) is 0. The van der Waals surface area contributed by atoms with Gasteiger partial charge in [-0.3, -0.25) is 0 Å². The lowest BCUT2D eigenvalue weighted by atomic mass is 10.2. The fraction of sp³-hybridized carbons (Fsp3) is 0.263. The second kappa shape index (κ2) is 8.93. The molecule has 0 saturated heterocycles. The molecule has 1 unspecified atom stereocenters. The minimum Gasteiger partial charge on any atom is -0.392 e. The SMILES string of the molecule is CC(O)CNCc1cn(Cc2ccc(Cl)cc2Cl)c2ccccc12.Cl. The van der Waals surface area contributed by atoms with Gasteiger partial charge >= 0.3 is 0 Å². The van der Waals surface area contributed by atoms with Gasteiger partial charge in [0, 0.05) is 46.8 Å². The van der Waals surface area contributed by atoms with E-state index in [1.165, 1.54) is 10.9 Å². The zero-order valence-corrected chi connectivity index (χ0v) is 16.2. The highest BCUT2D eigenvalue weighted by molar-refractivity contribution is 6.35. The van der Waals surface area contributed by atoms with Gasteiger partial charge in [0.1, 0.15) is 0 Å². The molecule has 3 nitrogen and oxygen atoms in total. The topological polar surface area (TPSA) is 37.2 Å². The summed E-state index contributed by atoms with van der Waals surface area (Å²) in [4.78, 5) is 0. The fourth-order valence-corrected chi connectivity index (χ4v) is 3.31. The van der Waals surface area contributed by atoms with Crippen molar-refractivity contribution in [3.8, 4) is 0 Å². The van der Waals surface area contributed by atoms with Crippen LogP contribution in [0.3, 0.4) is 0 Å². The van der Waals surface area contributed by atoms with Gasteiger partial charge in [0.15, 0.2) is 0 Å². The van der Waals surface area contributed by atoms with Gasteiger partial charge in [0.05, 0.1) is 6.10 Å². The molecule has 2 N–H and O–H groups in total. The van der Waals surface area contributed by atoms with Gasteiger partial charge in [0.2, 0.25) is 0 Å². The molecule has 0 bridgehead atoms. The Bertz CT molecular complexity index is 846. The number of para-hydroxylation sites is 1. The van der Waals surface area contributed by atoms with Crippen molar-refractivity contribution in [2.24, 2.45) is 0 Å². The van der Waals surface area contributed by atoms with Gasteiger partial charge in [-0.2, -0.15) is 0 Å². The first-order chi connectivity index (χ1) is 11.5. The Morgan fingerprint density at radius 3 is 2.60 bits per heavy atom. The van der Waals surface area contributed by atoms with E-state index in [2.05, 4.69) is 28.2 Å². The third-order valence-electron chi connectivity index (χ3n) is 3.98. The molecule has 3 rings (SSSR count). The molecule has 2 aromatic carbocycles. The lowest BCUT2D eigenvalue weighted by molar-refractivity contribution is 0.191. The lowest BCUT2D eigenvalue weighted by Gasteiger charge is -2.08. The first-order valence-electron chi connectivity index (χ1n) is 7.94. The third kappa shape index (κ3) is 4.90. The number of benzene rings is 2. The second-order valence-corrected chi connectivity index (χ2v) is 6.86. The summed E-state index contributed by atoms with van der Waals surface area (Å²) in [6.07, 6.45) is 1.79. The number of aliphatic hydroxyl groups is 1. The van der Waals surface area contributed by atoms with Crippen molar-refractivity contribution >= 4 is 46.5 Å². The summed E-state index contributed by atoms with van der Waals surface area (Å²) < 4.78 is 2.20. The second-order valence-electron chi connectivity index (χ2n) is 6.02. The third-order valence-corrected chi connectivity index (χ3v) is 4.57. The minimum absolute atomic E-state index is 0. The number of rotatable bonds is 6. The van der Waals surface area contributed by atoms with Crippen molar-refractivity contribution < 1.29 is 5.11 Å². The van der Waals surface area contributed by atoms with Gasteiger partial charge in [-0.1, -0.05) is 47.5 Å². The highest BCUT2D eigenvalue weighted by atomic mass is 35.5. The summed E-state index contributed by atoms with van der Waals surface area (Å²) in [5.41, 5.74) is 3.40. The van der Waals surface area contributed by atoms with Gasteiger partial charge in [-0.15, -0.1) is 12.4 Å². The molecule has 0 aliphatic carbocycles. The first kappa shape index (κ1) is 20.1. The van der Waals surface area contributed by atoms with Crippen LogP contribution < -0.4 is 5.32 Å². The standard InChI is InChI=1S/C19H20Cl2N2O.ClH/c1-13(24)9-22-10-15-12-23(19-5-3-2-4-17(15)19)11-14-6-7-16(20)8-18(14)21;/h2-8,12-13,22,24H,9-11H2,1H3;1H. The molecular formula is C19H21Cl3N2O. The van der Waals surface area contributed by atoms with E-state index in [-0.39, 0.29) is 18.5 Å². The summed E-state index contributed by atoms with van der Waals surface area (Å²) in [6.45, 7) is 3.75. The number of fused-ring (bicyclic) bond motifs is 1. The number of nitrogens with zero attached hydrogens (tertiary/aromatic N) is 1. The Balaban J connectivity index is 0.00000225. The van der Waals surface area contributed by atoms with E-state index in [0.717, 1.165) is 11.1 Å². The van der Waals surface area contributed by atoms with Crippen LogP contribution in [0.1, 0.15) is 18.1 Å². The van der Waals surface area contributed by atoms with E-state index in [0.29, 0.717) is 29.7 Å². The lowest BCUT2D eigenvalue weighted by Crippen LogP contribution is -2.23. The van der Waals surface area contributed by atoms with Crippen LogP contribution in [0.15, 0.2) is 48.7 Å². The van der Waals surface area contributed by atoms with Crippen LogP contribution in [0.25, 0.3) is 10.9 Å². The van der Waals surface area contributed by atoms with Crippen LogP contribution in [-0.2, 0) is 13.1 Å². The van der Waals surface area contributed by atoms with Crippen molar-refractivity contribution in [3.63, 3.8) is 0 Å². The molecule has 1 heterocycles. The number of aliphatic hydroxyl groups excluding tert-OH is 1. The van der Waals surface area contributed by atoms with E-state index >= 15 is 0 Å². The summed E-state index contributed by atoms with van der Waals surface area (Å²) >= 11 is 12.3. The predicted molar refractivity (Wildman–Crippen MR) is 108 cm³/mol. The molecular weight excluding hydrogens is 379 g/mol. The Kier molecular flexibility index (Phi) is 7.17. The Morgan fingerprint density at radius 1 is 1.12 bits per heavy atom. The molecule has 3 aromatic rings. The van der Waals surface area contributed by atoms with Gasteiger partial charge in [-0.25, -0.2) is 0 Å². The largest absolute Gasteiger partial charge is 0.392 e. The minimum atomic E-state index is -0.355. The highest BCUT2D eigenvalue weighted by Crippen LogP contribution is 2.26. The molecule has 6 heteroatoms. The fourth-order valence-electron chi connectivity index (χ4n) is 2.84. The van der Waals surface area contributed by atoms with Gasteiger partial charge in [0.25, 0.3) is 0 Å². The summed E-state index contributed by atoms with van der Waals surface area (Å²) in [7, 11) is 0. The van der Waals surface area contributed by atoms with E-state index < -0.39 is 0 Å². The summed E-state index contributed by atoms with van der Waals surface area (Å²) in [6, 6.07) is 13.9.